The van der Waals surface area contributed by atoms with E-state index in [1.54, 1.807) is 12.4 Å². The Morgan fingerprint density at radius 2 is 1.97 bits per heavy atom. The van der Waals surface area contributed by atoms with Gasteiger partial charge in [0.2, 0.25) is 0 Å². The second-order valence-electron chi connectivity index (χ2n) is 11.1. The van der Waals surface area contributed by atoms with Gasteiger partial charge < -0.3 is 14.4 Å². The third kappa shape index (κ3) is 5.71. The van der Waals surface area contributed by atoms with Gasteiger partial charge in [-0.15, -0.1) is 0 Å². The lowest BCUT2D eigenvalue weighted by Gasteiger charge is -2.32. The Bertz CT molecular complexity index is 1240. The molecule has 2 aromatic rings. The van der Waals surface area contributed by atoms with Gasteiger partial charge in [0.05, 0.1) is 30.4 Å². The summed E-state index contributed by atoms with van der Waals surface area (Å²) in [5.41, 5.74) is 3.13. The summed E-state index contributed by atoms with van der Waals surface area (Å²) >= 11 is 0. The van der Waals surface area contributed by atoms with Gasteiger partial charge in [0, 0.05) is 42.4 Å². The molecule has 2 heterocycles. The summed E-state index contributed by atoms with van der Waals surface area (Å²) in [5.74, 6) is 0.0606. The quantitative estimate of drug-likeness (QED) is 0.486. The highest BCUT2D eigenvalue weighted by Crippen LogP contribution is 2.37. The molecule has 37 heavy (non-hydrogen) atoms. The standard InChI is InChI=1S/C28H37N5O4/c1-5-36-14-13-31-25-8-6-7-23(24(25)17-29-31)26(34)33(21-11-12-21)22-10-9-20-15-19(16-22)18-32(30-20)27(35)37-28(2,3)4/h6-8,17-18,21-22H,5,9-16H2,1-4H3. The lowest BCUT2D eigenvalue weighted by atomic mass is 10.0. The van der Waals surface area contributed by atoms with E-state index in [0.717, 1.165) is 60.7 Å². The molecule has 1 aromatic carbocycles. The second kappa shape index (κ2) is 10.3. The van der Waals surface area contributed by atoms with Gasteiger partial charge in [0.1, 0.15) is 5.60 Å². The average molecular weight is 508 g/mol. The Morgan fingerprint density at radius 3 is 2.70 bits per heavy atom. The van der Waals surface area contributed by atoms with Gasteiger partial charge in [-0.25, -0.2) is 4.79 Å². The van der Waals surface area contributed by atoms with Crippen molar-refractivity contribution in [1.29, 1.82) is 0 Å². The Balaban J connectivity index is 1.38. The summed E-state index contributed by atoms with van der Waals surface area (Å²) in [5, 5.41) is 11.3. The molecule has 3 aliphatic rings. The van der Waals surface area contributed by atoms with E-state index in [1.165, 1.54) is 5.01 Å². The molecule has 0 spiro atoms. The minimum Gasteiger partial charge on any atom is -0.442 e. The van der Waals surface area contributed by atoms with Crippen molar-refractivity contribution in [3.8, 4) is 0 Å². The van der Waals surface area contributed by atoms with E-state index in [2.05, 4.69) is 15.1 Å². The molecule has 2 bridgehead atoms. The van der Waals surface area contributed by atoms with Crippen LogP contribution >= 0.6 is 0 Å². The van der Waals surface area contributed by atoms with Crippen LogP contribution in [-0.2, 0) is 16.0 Å². The molecule has 2 aliphatic carbocycles. The number of rotatable bonds is 7. The van der Waals surface area contributed by atoms with Gasteiger partial charge in [-0.2, -0.15) is 15.2 Å². The Labute approximate surface area is 218 Å². The molecule has 198 valence electrons. The van der Waals surface area contributed by atoms with E-state index in [4.69, 9.17) is 9.47 Å². The predicted octanol–water partition coefficient (Wildman–Crippen LogP) is 5.11. The van der Waals surface area contributed by atoms with Crippen molar-refractivity contribution in [2.45, 2.75) is 90.4 Å². The number of carbonyl (C=O) groups excluding carboxylic acids is 2. The summed E-state index contributed by atoms with van der Waals surface area (Å²) in [6.07, 6.45) is 8.22. The van der Waals surface area contributed by atoms with Crippen molar-refractivity contribution in [1.82, 2.24) is 19.7 Å². The first-order valence-corrected chi connectivity index (χ1v) is 13.4. The topological polar surface area (TPSA) is 89.3 Å². The number of hydrogen-bond donors (Lipinski definition) is 0. The van der Waals surface area contributed by atoms with Gasteiger partial charge in [0.15, 0.2) is 0 Å². The van der Waals surface area contributed by atoms with Crippen LogP contribution in [0.1, 0.15) is 76.6 Å². The van der Waals surface area contributed by atoms with Crippen LogP contribution < -0.4 is 0 Å². The number of aromatic nitrogens is 2. The molecule has 9 heteroatoms. The van der Waals surface area contributed by atoms with Crippen LogP contribution in [0.4, 0.5) is 4.79 Å². The van der Waals surface area contributed by atoms with E-state index >= 15 is 0 Å². The molecule has 0 saturated heterocycles. The Morgan fingerprint density at radius 1 is 1.16 bits per heavy atom. The smallest absolute Gasteiger partial charge is 0.435 e. The minimum absolute atomic E-state index is 0.0563. The highest BCUT2D eigenvalue weighted by Gasteiger charge is 2.40. The number of amides is 2. The molecule has 0 N–H and O–H groups in total. The largest absolute Gasteiger partial charge is 0.442 e. The van der Waals surface area contributed by atoms with Gasteiger partial charge >= 0.3 is 6.09 Å². The highest BCUT2D eigenvalue weighted by molar-refractivity contribution is 6.06. The lowest BCUT2D eigenvalue weighted by molar-refractivity contribution is 0.0333. The number of fused-ring (bicyclic) bond motifs is 3. The Hall–Kier alpha value is -3.20. The van der Waals surface area contributed by atoms with Crippen molar-refractivity contribution in [3.63, 3.8) is 0 Å². The van der Waals surface area contributed by atoms with E-state index in [1.807, 2.05) is 50.6 Å². The summed E-state index contributed by atoms with van der Waals surface area (Å²) < 4.78 is 12.9. The van der Waals surface area contributed by atoms with E-state index in [0.29, 0.717) is 25.3 Å². The highest BCUT2D eigenvalue weighted by atomic mass is 16.6. The monoisotopic (exact) mass is 507 g/mol. The number of hydrazone groups is 1. The third-order valence-corrected chi connectivity index (χ3v) is 6.97. The van der Waals surface area contributed by atoms with E-state index in [-0.39, 0.29) is 18.0 Å². The normalized spacial score (nSPS) is 19.8. The average Bonchev–Trinajstić information content (AvgIpc) is 3.62. The number of nitrogens with zero attached hydrogens (tertiary/aromatic N) is 5. The minimum atomic E-state index is -0.589. The lowest BCUT2D eigenvalue weighted by Crippen LogP contribution is -2.42. The van der Waals surface area contributed by atoms with E-state index in [9.17, 15) is 9.59 Å². The molecule has 0 radical (unpaired) electrons. The van der Waals surface area contributed by atoms with Crippen LogP contribution in [0.15, 0.2) is 41.3 Å². The van der Waals surface area contributed by atoms with Gasteiger partial charge in [-0.3, -0.25) is 9.48 Å². The van der Waals surface area contributed by atoms with Crippen LogP contribution in [-0.4, -0.2) is 68.3 Å². The first-order chi connectivity index (χ1) is 17.7. The molecule has 1 unspecified atom stereocenters. The SMILES string of the molecule is CCOCCn1ncc2c(C(=O)N(C3CC3)C3CCC4=NN(C(=O)OC(C)(C)C)C=C(C4)C3)cccc21. The fourth-order valence-corrected chi connectivity index (χ4v) is 5.22. The fraction of sp³-hybridized carbons (Fsp3) is 0.571. The number of benzene rings is 1. The van der Waals surface area contributed by atoms with Crippen LogP contribution in [0.2, 0.25) is 0 Å². The second-order valence-corrected chi connectivity index (χ2v) is 11.1. The van der Waals surface area contributed by atoms with Crippen molar-refractivity contribution < 1.29 is 19.1 Å². The number of ether oxygens (including phenoxy) is 2. The van der Waals surface area contributed by atoms with Crippen molar-refractivity contribution in [3.05, 3.63) is 41.7 Å². The molecular formula is C28H37N5O4. The zero-order valence-corrected chi connectivity index (χ0v) is 22.3. The molecule has 2 saturated carbocycles. The van der Waals surface area contributed by atoms with Crippen molar-refractivity contribution in [2.24, 2.45) is 5.10 Å². The maximum Gasteiger partial charge on any atom is 0.435 e. The van der Waals surface area contributed by atoms with Crippen molar-refractivity contribution in [2.75, 3.05) is 13.2 Å². The number of carbonyl (C=O) groups is 2. The summed E-state index contributed by atoms with van der Waals surface area (Å²) in [6.45, 7) is 9.42. The van der Waals surface area contributed by atoms with Crippen LogP contribution in [0, 0.1) is 0 Å². The first kappa shape index (κ1) is 25.4. The molecule has 1 atom stereocenters. The van der Waals surface area contributed by atoms with Crippen LogP contribution in [0.5, 0.6) is 0 Å². The van der Waals surface area contributed by atoms with E-state index < -0.39 is 11.7 Å². The van der Waals surface area contributed by atoms with Crippen LogP contribution in [0.3, 0.4) is 0 Å². The molecule has 2 amide bonds. The summed E-state index contributed by atoms with van der Waals surface area (Å²) in [7, 11) is 0. The maximum atomic E-state index is 14.1. The maximum absolute atomic E-state index is 14.1. The van der Waals surface area contributed by atoms with Gasteiger partial charge in [-0.1, -0.05) is 6.07 Å². The summed E-state index contributed by atoms with van der Waals surface area (Å²) in [4.78, 5) is 28.8. The summed E-state index contributed by atoms with van der Waals surface area (Å²) in [6, 6.07) is 6.17. The zero-order valence-electron chi connectivity index (χ0n) is 22.3. The molecule has 2 fully saturated rings. The van der Waals surface area contributed by atoms with Crippen LogP contribution in [0.25, 0.3) is 10.9 Å². The van der Waals surface area contributed by atoms with Gasteiger partial charge in [-0.05, 0) is 77.5 Å². The first-order valence-electron chi connectivity index (χ1n) is 13.4. The molecule has 1 aromatic heterocycles. The molecule has 5 rings (SSSR count). The van der Waals surface area contributed by atoms with Gasteiger partial charge in [0.25, 0.3) is 5.91 Å². The molecular weight excluding hydrogens is 470 g/mol. The third-order valence-electron chi connectivity index (χ3n) is 6.97. The van der Waals surface area contributed by atoms with Crippen molar-refractivity contribution >= 4 is 28.6 Å². The Kier molecular flexibility index (Phi) is 7.07. The molecule has 9 nitrogen and oxygen atoms in total. The fourth-order valence-electron chi connectivity index (χ4n) is 5.22. The molecule has 1 aliphatic heterocycles. The number of hydrogen-bond acceptors (Lipinski definition) is 6. The predicted molar refractivity (Wildman–Crippen MR) is 141 cm³/mol. The zero-order chi connectivity index (χ0) is 26.2.